The van der Waals surface area contributed by atoms with Gasteiger partial charge in [0.1, 0.15) is 0 Å². The van der Waals surface area contributed by atoms with Crippen LogP contribution in [0.5, 0.6) is 0 Å². The zero-order valence-electron chi connectivity index (χ0n) is 10.9. The first-order valence-electron chi connectivity index (χ1n) is 6.44. The lowest BCUT2D eigenvalue weighted by Crippen LogP contribution is -2.39. The highest BCUT2D eigenvalue weighted by atomic mass is 127. The maximum absolute atomic E-state index is 4.21. The van der Waals surface area contributed by atoms with Crippen LogP contribution in [0.15, 0.2) is 29.5 Å². The smallest absolute Gasteiger partial charge is 0.191 e. The fraction of sp³-hybridized carbons (Fsp3) is 0.615. The van der Waals surface area contributed by atoms with Crippen molar-refractivity contribution < 1.29 is 0 Å². The number of hydrogen-bond donors (Lipinski definition) is 2. The molecule has 1 heterocycles. The van der Waals surface area contributed by atoms with E-state index in [0.29, 0.717) is 0 Å². The van der Waals surface area contributed by atoms with E-state index in [1.807, 2.05) is 19.2 Å². The van der Waals surface area contributed by atoms with Crippen molar-refractivity contribution in [3.05, 3.63) is 24.5 Å². The van der Waals surface area contributed by atoms with Crippen LogP contribution in [-0.2, 0) is 6.54 Å². The van der Waals surface area contributed by atoms with Crippen LogP contribution in [0.2, 0.25) is 0 Å². The molecule has 102 valence electrons. The van der Waals surface area contributed by atoms with E-state index in [4.69, 9.17) is 0 Å². The van der Waals surface area contributed by atoms with Crippen molar-refractivity contribution >= 4 is 29.9 Å². The van der Waals surface area contributed by atoms with E-state index in [1.165, 1.54) is 19.3 Å². The molecule has 2 N–H and O–H groups in total. The van der Waals surface area contributed by atoms with Crippen molar-refractivity contribution in [1.82, 2.24) is 15.2 Å². The molecule has 0 amide bonds. The van der Waals surface area contributed by atoms with E-state index >= 15 is 0 Å². The summed E-state index contributed by atoms with van der Waals surface area (Å²) in [5.74, 6) is 1.89. The number of halogens is 1. The Morgan fingerprint density at radius 3 is 2.50 bits per heavy atom. The summed E-state index contributed by atoms with van der Waals surface area (Å²) < 4.78 is 2.16. The molecule has 1 saturated carbocycles. The van der Waals surface area contributed by atoms with E-state index in [0.717, 1.165) is 31.5 Å². The first-order chi connectivity index (χ1) is 8.38. The molecule has 0 aromatic carbocycles. The Morgan fingerprint density at radius 2 is 1.89 bits per heavy atom. The number of rotatable bonds is 6. The Bertz CT molecular complexity index is 344. The van der Waals surface area contributed by atoms with Crippen molar-refractivity contribution in [2.45, 2.75) is 25.8 Å². The zero-order chi connectivity index (χ0) is 11.9. The number of aliphatic imine (C=N–C) groups is 1. The predicted molar refractivity (Wildman–Crippen MR) is 86.6 cm³/mol. The van der Waals surface area contributed by atoms with Crippen LogP contribution in [0.4, 0.5) is 0 Å². The number of nitrogens with zero attached hydrogens (tertiary/aromatic N) is 2. The van der Waals surface area contributed by atoms with E-state index < -0.39 is 0 Å². The normalized spacial score (nSPS) is 15.1. The Morgan fingerprint density at radius 1 is 1.22 bits per heavy atom. The minimum absolute atomic E-state index is 0. The number of aromatic nitrogens is 1. The molecule has 2 rings (SSSR count). The molecule has 1 fully saturated rings. The van der Waals surface area contributed by atoms with Crippen molar-refractivity contribution in [2.75, 3.05) is 20.1 Å². The largest absolute Gasteiger partial charge is 0.356 e. The summed E-state index contributed by atoms with van der Waals surface area (Å²) in [6, 6.07) is 4.09. The Balaban J connectivity index is 0.00000162. The van der Waals surface area contributed by atoms with Crippen molar-refractivity contribution in [3.8, 4) is 0 Å². The lowest BCUT2D eigenvalue weighted by atomic mass is 10.3. The fourth-order valence-corrected chi connectivity index (χ4v) is 1.84. The number of hydrogen-bond acceptors (Lipinski definition) is 1. The molecular formula is C13H23IN4. The van der Waals surface area contributed by atoms with Gasteiger partial charge in [-0.15, -0.1) is 24.0 Å². The molecule has 0 unspecified atom stereocenters. The second kappa shape index (κ2) is 8.39. The quantitative estimate of drug-likeness (QED) is 0.462. The third-order valence-corrected chi connectivity index (χ3v) is 3.09. The van der Waals surface area contributed by atoms with Crippen LogP contribution >= 0.6 is 24.0 Å². The Labute approximate surface area is 126 Å². The van der Waals surface area contributed by atoms with Crippen LogP contribution in [0, 0.1) is 5.92 Å². The molecule has 1 aliphatic rings. The maximum atomic E-state index is 4.21. The van der Waals surface area contributed by atoms with Crippen molar-refractivity contribution in [3.63, 3.8) is 0 Å². The van der Waals surface area contributed by atoms with E-state index in [-0.39, 0.29) is 24.0 Å². The summed E-state index contributed by atoms with van der Waals surface area (Å²) in [7, 11) is 1.82. The molecule has 0 aliphatic heterocycles. The van der Waals surface area contributed by atoms with Gasteiger partial charge in [0.05, 0.1) is 0 Å². The zero-order valence-corrected chi connectivity index (χ0v) is 13.3. The highest BCUT2D eigenvalue weighted by molar-refractivity contribution is 14.0. The average Bonchev–Trinajstić information content (AvgIpc) is 3.02. The van der Waals surface area contributed by atoms with Gasteiger partial charge in [0.25, 0.3) is 0 Å². The van der Waals surface area contributed by atoms with Gasteiger partial charge in [-0.3, -0.25) is 4.99 Å². The molecule has 4 nitrogen and oxygen atoms in total. The molecule has 1 aromatic rings. The van der Waals surface area contributed by atoms with E-state index in [9.17, 15) is 0 Å². The molecule has 18 heavy (non-hydrogen) atoms. The second-order valence-electron chi connectivity index (χ2n) is 4.58. The lowest BCUT2D eigenvalue weighted by Gasteiger charge is -2.11. The summed E-state index contributed by atoms with van der Waals surface area (Å²) in [5, 5.41) is 6.67. The van der Waals surface area contributed by atoms with Gasteiger partial charge >= 0.3 is 0 Å². The molecule has 0 atom stereocenters. The number of nitrogens with one attached hydrogen (secondary N) is 2. The van der Waals surface area contributed by atoms with Gasteiger partial charge in [-0.25, -0.2) is 0 Å². The fourth-order valence-electron chi connectivity index (χ4n) is 1.84. The van der Waals surface area contributed by atoms with Gasteiger partial charge in [0.15, 0.2) is 5.96 Å². The van der Waals surface area contributed by atoms with Gasteiger partial charge in [-0.1, -0.05) is 12.8 Å². The minimum Gasteiger partial charge on any atom is -0.356 e. The van der Waals surface area contributed by atoms with Gasteiger partial charge in [0.2, 0.25) is 0 Å². The summed E-state index contributed by atoms with van der Waals surface area (Å²) in [6.45, 7) is 2.90. The molecular weight excluding hydrogens is 339 g/mol. The van der Waals surface area contributed by atoms with Crippen molar-refractivity contribution in [1.29, 1.82) is 0 Å². The highest BCUT2D eigenvalue weighted by Gasteiger charge is 2.20. The van der Waals surface area contributed by atoms with Crippen LogP contribution in [0.3, 0.4) is 0 Å². The van der Waals surface area contributed by atoms with Crippen LogP contribution in [0.1, 0.15) is 19.3 Å². The van der Waals surface area contributed by atoms with Crippen LogP contribution in [-0.4, -0.2) is 30.7 Å². The average molecular weight is 362 g/mol. The highest BCUT2D eigenvalue weighted by Crippen LogP contribution is 2.31. The first kappa shape index (κ1) is 15.3. The monoisotopic (exact) mass is 362 g/mol. The summed E-state index contributed by atoms with van der Waals surface area (Å²) in [5.41, 5.74) is 0. The molecule has 0 radical (unpaired) electrons. The van der Waals surface area contributed by atoms with Gasteiger partial charge in [-0.2, -0.15) is 0 Å². The van der Waals surface area contributed by atoms with Crippen molar-refractivity contribution in [2.24, 2.45) is 10.9 Å². The molecule has 1 aliphatic carbocycles. The van der Waals surface area contributed by atoms with E-state index in [1.54, 1.807) is 0 Å². The topological polar surface area (TPSA) is 41.4 Å². The summed E-state index contributed by atoms with van der Waals surface area (Å²) in [4.78, 5) is 4.21. The van der Waals surface area contributed by atoms with Gasteiger partial charge in [0, 0.05) is 39.1 Å². The number of guanidine groups is 1. The van der Waals surface area contributed by atoms with Crippen LogP contribution in [0.25, 0.3) is 0 Å². The van der Waals surface area contributed by atoms with E-state index in [2.05, 4.69) is 32.6 Å². The van der Waals surface area contributed by atoms with Gasteiger partial charge < -0.3 is 15.2 Å². The Hall–Kier alpha value is -0.720. The minimum atomic E-state index is 0. The second-order valence-corrected chi connectivity index (χ2v) is 4.58. The molecule has 0 bridgehead atoms. The maximum Gasteiger partial charge on any atom is 0.191 e. The Kier molecular flexibility index (Phi) is 7.15. The summed E-state index contributed by atoms with van der Waals surface area (Å²) >= 11 is 0. The third-order valence-electron chi connectivity index (χ3n) is 3.09. The first-order valence-corrected chi connectivity index (χ1v) is 6.44. The predicted octanol–water partition coefficient (Wildman–Crippen LogP) is 2.07. The molecule has 1 aromatic heterocycles. The summed E-state index contributed by atoms with van der Waals surface area (Å²) in [6.07, 6.45) is 8.26. The third kappa shape index (κ3) is 5.75. The SMILES string of the molecule is CN=C(NCCC1CC1)NCCn1cccc1.I. The van der Waals surface area contributed by atoms with Crippen LogP contribution < -0.4 is 10.6 Å². The van der Waals surface area contributed by atoms with Gasteiger partial charge in [-0.05, 0) is 24.5 Å². The molecule has 5 heteroatoms. The standard InChI is InChI=1S/C13H22N4.HI/c1-14-13(15-7-6-12-4-5-12)16-8-11-17-9-2-3-10-17;/h2-3,9-10,12H,4-8,11H2,1H3,(H2,14,15,16);1H. The molecule has 0 spiro atoms. The lowest BCUT2D eigenvalue weighted by molar-refractivity contribution is 0.650. The molecule has 0 saturated heterocycles.